The molecule has 3 nitrogen and oxygen atoms in total. The average molecular weight is 258 g/mol. The van der Waals surface area contributed by atoms with Gasteiger partial charge in [-0.15, -0.1) is 0 Å². The number of hydrogen-bond donors (Lipinski definition) is 1. The van der Waals surface area contributed by atoms with Crippen molar-refractivity contribution in [1.82, 2.24) is 0 Å². The van der Waals surface area contributed by atoms with Crippen LogP contribution in [0.5, 0.6) is 11.5 Å². The Labute approximate surface area is 113 Å². The van der Waals surface area contributed by atoms with Gasteiger partial charge in [0.2, 0.25) is 0 Å². The molecule has 19 heavy (non-hydrogen) atoms. The van der Waals surface area contributed by atoms with Gasteiger partial charge in [0.1, 0.15) is 17.6 Å². The van der Waals surface area contributed by atoms with Crippen LogP contribution in [0.4, 0.5) is 0 Å². The highest BCUT2D eigenvalue weighted by Gasteiger charge is 2.16. The molecule has 2 aromatic rings. The second-order valence-electron chi connectivity index (χ2n) is 4.42. The number of hydrogen-bond acceptors (Lipinski definition) is 3. The van der Waals surface area contributed by atoms with E-state index in [9.17, 15) is 5.11 Å². The second-order valence-corrected chi connectivity index (χ2v) is 4.42. The predicted octanol–water partition coefficient (Wildman–Crippen LogP) is 3.09. The molecule has 0 aliphatic heterocycles. The topological polar surface area (TPSA) is 38.7 Å². The molecule has 0 bridgehead atoms. The van der Waals surface area contributed by atoms with Crippen molar-refractivity contribution in [3.05, 3.63) is 59.2 Å². The molecule has 1 N–H and O–H groups in total. The van der Waals surface area contributed by atoms with Gasteiger partial charge in [0.25, 0.3) is 0 Å². The molecule has 2 aromatic carbocycles. The minimum Gasteiger partial charge on any atom is -0.497 e. The van der Waals surface area contributed by atoms with Gasteiger partial charge in [-0.25, -0.2) is 0 Å². The van der Waals surface area contributed by atoms with Crippen LogP contribution in [0.1, 0.15) is 22.8 Å². The number of ether oxygens (including phenoxy) is 2. The maximum Gasteiger partial charge on any atom is 0.125 e. The summed E-state index contributed by atoms with van der Waals surface area (Å²) in [4.78, 5) is 0. The maximum atomic E-state index is 10.5. The fraction of sp³-hybridized carbons (Fsp3) is 0.250. The van der Waals surface area contributed by atoms with Crippen molar-refractivity contribution in [2.24, 2.45) is 0 Å². The standard InChI is InChI=1S/C16H18O3/c1-11-5-4-6-12(9-11)16(17)14-10-13(18-2)7-8-15(14)19-3/h4-10,16-17H,1-3H3. The maximum absolute atomic E-state index is 10.5. The minimum absolute atomic E-state index is 0.648. The Morgan fingerprint density at radius 3 is 2.42 bits per heavy atom. The lowest BCUT2D eigenvalue weighted by atomic mass is 9.99. The highest BCUT2D eigenvalue weighted by molar-refractivity contribution is 5.45. The fourth-order valence-corrected chi connectivity index (χ4v) is 2.07. The summed E-state index contributed by atoms with van der Waals surface area (Å²) >= 11 is 0. The van der Waals surface area contributed by atoms with Gasteiger partial charge in [0.05, 0.1) is 14.2 Å². The molecular formula is C16H18O3. The van der Waals surface area contributed by atoms with E-state index in [2.05, 4.69) is 0 Å². The van der Waals surface area contributed by atoms with E-state index in [1.165, 1.54) is 0 Å². The lowest BCUT2D eigenvalue weighted by molar-refractivity contribution is 0.214. The van der Waals surface area contributed by atoms with Gasteiger partial charge in [-0.2, -0.15) is 0 Å². The SMILES string of the molecule is COc1ccc(OC)c(C(O)c2cccc(C)c2)c1. The molecule has 3 heteroatoms. The molecule has 0 heterocycles. The average Bonchev–Trinajstić information content (AvgIpc) is 2.45. The van der Waals surface area contributed by atoms with Gasteiger partial charge in [-0.3, -0.25) is 0 Å². The fourth-order valence-electron chi connectivity index (χ4n) is 2.07. The van der Waals surface area contributed by atoms with E-state index < -0.39 is 6.10 Å². The first-order valence-corrected chi connectivity index (χ1v) is 6.12. The molecule has 0 radical (unpaired) electrons. The van der Waals surface area contributed by atoms with E-state index >= 15 is 0 Å². The molecule has 0 fully saturated rings. The van der Waals surface area contributed by atoms with Crippen molar-refractivity contribution < 1.29 is 14.6 Å². The van der Waals surface area contributed by atoms with E-state index in [4.69, 9.17) is 9.47 Å². The van der Waals surface area contributed by atoms with Crippen molar-refractivity contribution in [2.45, 2.75) is 13.0 Å². The second kappa shape index (κ2) is 5.76. The first-order chi connectivity index (χ1) is 9.15. The molecule has 100 valence electrons. The molecule has 1 atom stereocenters. The van der Waals surface area contributed by atoms with Crippen LogP contribution in [-0.4, -0.2) is 19.3 Å². The lowest BCUT2D eigenvalue weighted by Crippen LogP contribution is -2.03. The molecule has 0 amide bonds. The third kappa shape index (κ3) is 2.88. The van der Waals surface area contributed by atoms with Crippen LogP contribution >= 0.6 is 0 Å². The van der Waals surface area contributed by atoms with Crippen molar-refractivity contribution >= 4 is 0 Å². The van der Waals surface area contributed by atoms with Crippen LogP contribution in [0.2, 0.25) is 0 Å². The Hall–Kier alpha value is -2.00. The Morgan fingerprint density at radius 1 is 1.00 bits per heavy atom. The molecule has 0 saturated carbocycles. The summed E-state index contributed by atoms with van der Waals surface area (Å²) in [6.07, 6.45) is -0.732. The van der Waals surface area contributed by atoms with Crippen molar-refractivity contribution in [3.63, 3.8) is 0 Å². The summed E-state index contributed by atoms with van der Waals surface area (Å²) in [5, 5.41) is 10.5. The summed E-state index contributed by atoms with van der Waals surface area (Å²) in [6, 6.07) is 13.2. The van der Waals surface area contributed by atoms with Crippen LogP contribution < -0.4 is 9.47 Å². The Balaban J connectivity index is 2.44. The van der Waals surface area contributed by atoms with Gasteiger partial charge in [-0.05, 0) is 30.7 Å². The third-order valence-corrected chi connectivity index (χ3v) is 3.09. The zero-order valence-electron chi connectivity index (χ0n) is 11.4. The monoisotopic (exact) mass is 258 g/mol. The summed E-state index contributed by atoms with van der Waals surface area (Å²) in [5.74, 6) is 1.34. The van der Waals surface area contributed by atoms with Gasteiger partial charge in [-0.1, -0.05) is 29.8 Å². The van der Waals surface area contributed by atoms with Gasteiger partial charge < -0.3 is 14.6 Å². The zero-order chi connectivity index (χ0) is 13.8. The summed E-state index contributed by atoms with van der Waals surface area (Å²) in [5.41, 5.74) is 2.65. The number of aryl methyl sites for hydroxylation is 1. The Bertz CT molecular complexity index is 564. The van der Waals surface area contributed by atoms with E-state index in [1.54, 1.807) is 26.4 Å². The van der Waals surface area contributed by atoms with Crippen LogP contribution in [0.15, 0.2) is 42.5 Å². The smallest absolute Gasteiger partial charge is 0.125 e. The normalized spacial score (nSPS) is 12.0. The molecule has 0 aliphatic rings. The first kappa shape index (κ1) is 13.4. The highest BCUT2D eigenvalue weighted by Crippen LogP contribution is 2.33. The zero-order valence-corrected chi connectivity index (χ0v) is 11.4. The third-order valence-electron chi connectivity index (χ3n) is 3.09. The van der Waals surface area contributed by atoms with E-state index in [0.717, 1.165) is 11.1 Å². The molecule has 1 unspecified atom stereocenters. The first-order valence-electron chi connectivity index (χ1n) is 6.12. The molecule has 2 rings (SSSR count). The van der Waals surface area contributed by atoms with Crippen molar-refractivity contribution in [1.29, 1.82) is 0 Å². The van der Waals surface area contributed by atoms with E-state index in [0.29, 0.717) is 17.1 Å². The molecule has 0 spiro atoms. The molecule has 0 aliphatic carbocycles. The lowest BCUT2D eigenvalue weighted by Gasteiger charge is -2.16. The number of methoxy groups -OCH3 is 2. The quantitative estimate of drug-likeness (QED) is 0.915. The van der Waals surface area contributed by atoms with Gasteiger partial charge in [0.15, 0.2) is 0 Å². The van der Waals surface area contributed by atoms with Gasteiger partial charge >= 0.3 is 0 Å². The van der Waals surface area contributed by atoms with Gasteiger partial charge in [0, 0.05) is 5.56 Å². The van der Waals surface area contributed by atoms with Crippen molar-refractivity contribution in [3.8, 4) is 11.5 Å². The number of aliphatic hydroxyl groups excluding tert-OH is 1. The number of aliphatic hydroxyl groups is 1. The van der Waals surface area contributed by atoms with Crippen LogP contribution in [0, 0.1) is 6.92 Å². The van der Waals surface area contributed by atoms with Crippen molar-refractivity contribution in [2.75, 3.05) is 14.2 Å². The minimum atomic E-state index is -0.732. The van der Waals surface area contributed by atoms with Crippen LogP contribution in [0.3, 0.4) is 0 Å². The van der Waals surface area contributed by atoms with E-state index in [-0.39, 0.29) is 0 Å². The molecule has 0 saturated heterocycles. The highest BCUT2D eigenvalue weighted by atomic mass is 16.5. The summed E-state index contributed by atoms with van der Waals surface area (Å²) in [6.45, 7) is 2.00. The number of benzene rings is 2. The largest absolute Gasteiger partial charge is 0.497 e. The number of rotatable bonds is 4. The van der Waals surface area contributed by atoms with Crippen LogP contribution in [0.25, 0.3) is 0 Å². The van der Waals surface area contributed by atoms with E-state index in [1.807, 2.05) is 37.3 Å². The predicted molar refractivity (Wildman–Crippen MR) is 74.8 cm³/mol. The summed E-state index contributed by atoms with van der Waals surface area (Å²) in [7, 11) is 3.19. The Kier molecular flexibility index (Phi) is 4.07. The molecule has 0 aromatic heterocycles. The molecular weight excluding hydrogens is 240 g/mol. The Morgan fingerprint density at radius 2 is 1.79 bits per heavy atom. The summed E-state index contributed by atoms with van der Waals surface area (Å²) < 4.78 is 10.5. The van der Waals surface area contributed by atoms with Crippen LogP contribution in [-0.2, 0) is 0 Å².